The molecule has 1 amide bonds. The summed E-state index contributed by atoms with van der Waals surface area (Å²) in [6, 6.07) is 5.78. The van der Waals surface area contributed by atoms with Gasteiger partial charge in [-0.05, 0) is 17.5 Å². The van der Waals surface area contributed by atoms with Gasteiger partial charge >= 0.3 is 0 Å². The van der Waals surface area contributed by atoms with Crippen LogP contribution in [0.25, 0.3) is 10.6 Å². The Morgan fingerprint density at radius 1 is 1.47 bits per heavy atom. The Morgan fingerprint density at radius 2 is 2.37 bits per heavy atom. The van der Waals surface area contributed by atoms with Crippen molar-refractivity contribution in [3.05, 3.63) is 29.8 Å². The van der Waals surface area contributed by atoms with Crippen molar-refractivity contribution in [3.63, 3.8) is 0 Å². The van der Waals surface area contributed by atoms with Crippen LogP contribution in [0.4, 0.5) is 5.95 Å². The molecule has 1 fully saturated rings. The molecule has 1 aliphatic rings. The van der Waals surface area contributed by atoms with Crippen LogP contribution < -0.4 is 4.90 Å². The van der Waals surface area contributed by atoms with Crippen LogP contribution in [0.5, 0.6) is 0 Å². The summed E-state index contributed by atoms with van der Waals surface area (Å²) in [5, 5.41) is 11.1. The fourth-order valence-corrected chi connectivity index (χ4v) is 2.83. The topological polar surface area (TPSA) is 66.3 Å². The highest BCUT2D eigenvalue weighted by molar-refractivity contribution is 7.13. The van der Waals surface area contributed by atoms with E-state index in [1.165, 1.54) is 0 Å². The van der Waals surface area contributed by atoms with Gasteiger partial charge in [-0.1, -0.05) is 6.07 Å². The first kappa shape index (κ1) is 12.3. The van der Waals surface area contributed by atoms with Crippen LogP contribution in [-0.4, -0.2) is 34.1 Å². The summed E-state index contributed by atoms with van der Waals surface area (Å²) in [6.07, 6.45) is 2.03. The van der Waals surface area contributed by atoms with Crippen molar-refractivity contribution in [2.45, 2.75) is 6.42 Å². The van der Waals surface area contributed by atoms with Crippen molar-refractivity contribution >= 4 is 23.2 Å². The molecule has 1 N–H and O–H groups in total. The molecular formula is C13H13N3O2S. The highest BCUT2D eigenvalue weighted by Gasteiger charge is 2.31. The normalized spacial score (nSPS) is 19.1. The molecule has 1 saturated heterocycles. The van der Waals surface area contributed by atoms with Crippen molar-refractivity contribution in [3.8, 4) is 10.6 Å². The van der Waals surface area contributed by atoms with E-state index in [1.807, 2.05) is 23.6 Å². The molecule has 2 aromatic heterocycles. The van der Waals surface area contributed by atoms with Crippen LogP contribution in [0.3, 0.4) is 0 Å². The number of aromatic nitrogens is 2. The second-order valence-electron chi connectivity index (χ2n) is 4.48. The monoisotopic (exact) mass is 275 g/mol. The highest BCUT2D eigenvalue weighted by Crippen LogP contribution is 2.26. The Kier molecular flexibility index (Phi) is 3.27. The minimum absolute atomic E-state index is 0.0125. The third-order valence-corrected chi connectivity index (χ3v) is 4.01. The van der Waals surface area contributed by atoms with Crippen molar-refractivity contribution in [1.29, 1.82) is 0 Å². The average Bonchev–Trinajstić information content (AvgIpc) is 3.08. The zero-order valence-electron chi connectivity index (χ0n) is 10.2. The molecule has 6 heteroatoms. The van der Waals surface area contributed by atoms with Gasteiger partial charge in [0.1, 0.15) is 0 Å². The van der Waals surface area contributed by atoms with E-state index in [9.17, 15) is 4.79 Å². The van der Waals surface area contributed by atoms with Gasteiger partial charge in [-0.15, -0.1) is 11.3 Å². The van der Waals surface area contributed by atoms with Crippen molar-refractivity contribution in [2.24, 2.45) is 5.92 Å². The summed E-state index contributed by atoms with van der Waals surface area (Å²) >= 11 is 1.60. The van der Waals surface area contributed by atoms with Crippen LogP contribution in [0.2, 0.25) is 0 Å². The van der Waals surface area contributed by atoms with Gasteiger partial charge in [0.2, 0.25) is 11.9 Å². The zero-order chi connectivity index (χ0) is 13.2. The number of thiophene rings is 1. The lowest BCUT2D eigenvalue weighted by atomic mass is 10.1. The maximum absolute atomic E-state index is 11.9. The molecule has 0 radical (unpaired) electrons. The van der Waals surface area contributed by atoms with E-state index in [0.29, 0.717) is 18.9 Å². The van der Waals surface area contributed by atoms with Gasteiger partial charge in [-0.3, -0.25) is 9.69 Å². The standard InChI is InChI=1S/C13H13N3O2S/c17-8-9-6-12(18)16(7-9)13-14-4-3-10(15-13)11-2-1-5-19-11/h1-5,9,17H,6-8H2. The molecular weight excluding hydrogens is 262 g/mol. The molecule has 5 nitrogen and oxygen atoms in total. The molecule has 0 saturated carbocycles. The molecule has 3 heterocycles. The van der Waals surface area contributed by atoms with Gasteiger partial charge in [0.25, 0.3) is 0 Å². The van der Waals surface area contributed by atoms with E-state index < -0.39 is 0 Å². The van der Waals surface area contributed by atoms with Crippen LogP contribution >= 0.6 is 11.3 Å². The summed E-state index contributed by atoms with van der Waals surface area (Å²) < 4.78 is 0. The van der Waals surface area contributed by atoms with Crippen LogP contribution in [0.1, 0.15) is 6.42 Å². The third kappa shape index (κ3) is 2.36. The first-order chi connectivity index (χ1) is 9.28. The van der Waals surface area contributed by atoms with E-state index in [4.69, 9.17) is 5.11 Å². The molecule has 0 spiro atoms. The number of carbonyl (C=O) groups excluding carboxylic acids is 1. The minimum Gasteiger partial charge on any atom is -0.396 e. The Bertz CT molecular complexity index is 585. The lowest BCUT2D eigenvalue weighted by Crippen LogP contribution is -2.27. The maximum Gasteiger partial charge on any atom is 0.232 e. The Hall–Kier alpha value is -1.79. The van der Waals surface area contributed by atoms with Gasteiger partial charge in [0.05, 0.1) is 10.6 Å². The predicted octanol–water partition coefficient (Wildman–Crippen LogP) is 1.55. The number of aliphatic hydroxyl groups excluding tert-OH is 1. The number of anilines is 1. The molecule has 0 aromatic carbocycles. The second-order valence-corrected chi connectivity index (χ2v) is 5.42. The molecule has 0 aliphatic carbocycles. The van der Waals surface area contributed by atoms with Crippen LogP contribution in [0, 0.1) is 5.92 Å². The number of hydrogen-bond donors (Lipinski definition) is 1. The number of rotatable bonds is 3. The van der Waals surface area contributed by atoms with Crippen molar-refractivity contribution in [2.75, 3.05) is 18.1 Å². The molecule has 1 atom stereocenters. The fraction of sp³-hybridized carbons (Fsp3) is 0.308. The molecule has 1 aliphatic heterocycles. The van der Waals surface area contributed by atoms with Crippen molar-refractivity contribution < 1.29 is 9.90 Å². The number of amides is 1. The first-order valence-electron chi connectivity index (χ1n) is 6.06. The molecule has 98 valence electrons. The van der Waals surface area contributed by atoms with E-state index >= 15 is 0 Å². The van der Waals surface area contributed by atoms with Gasteiger partial charge < -0.3 is 5.11 Å². The van der Waals surface area contributed by atoms with Crippen LogP contribution in [0.15, 0.2) is 29.8 Å². The summed E-state index contributed by atoms with van der Waals surface area (Å²) in [7, 11) is 0. The summed E-state index contributed by atoms with van der Waals surface area (Å²) in [5.74, 6) is 0.385. The highest BCUT2D eigenvalue weighted by atomic mass is 32.1. The van der Waals surface area contributed by atoms with E-state index in [2.05, 4.69) is 9.97 Å². The van der Waals surface area contributed by atoms with E-state index in [-0.39, 0.29) is 18.4 Å². The van der Waals surface area contributed by atoms with Crippen LogP contribution in [-0.2, 0) is 4.79 Å². The Balaban J connectivity index is 1.90. The molecule has 0 bridgehead atoms. The van der Waals surface area contributed by atoms with Gasteiger partial charge in [-0.25, -0.2) is 9.97 Å². The SMILES string of the molecule is O=C1CC(CO)CN1c1nccc(-c2cccs2)n1. The summed E-state index contributed by atoms with van der Waals surface area (Å²) in [6.45, 7) is 0.510. The summed E-state index contributed by atoms with van der Waals surface area (Å²) in [4.78, 5) is 23.1. The van der Waals surface area contributed by atoms with Gasteiger partial charge in [-0.2, -0.15) is 0 Å². The predicted molar refractivity (Wildman–Crippen MR) is 72.9 cm³/mol. The molecule has 2 aromatic rings. The molecule has 3 rings (SSSR count). The average molecular weight is 275 g/mol. The Labute approximate surface area is 114 Å². The van der Waals surface area contributed by atoms with E-state index in [1.54, 1.807) is 22.4 Å². The van der Waals surface area contributed by atoms with Gasteiger partial charge in [0, 0.05) is 31.7 Å². The number of carbonyl (C=O) groups is 1. The number of nitrogens with zero attached hydrogens (tertiary/aromatic N) is 3. The fourth-order valence-electron chi connectivity index (χ4n) is 2.14. The zero-order valence-corrected chi connectivity index (χ0v) is 11.0. The second kappa shape index (κ2) is 5.07. The van der Waals surface area contributed by atoms with Crippen molar-refractivity contribution in [1.82, 2.24) is 9.97 Å². The summed E-state index contributed by atoms with van der Waals surface area (Å²) in [5.41, 5.74) is 0.820. The minimum atomic E-state index is -0.0256. The van der Waals surface area contributed by atoms with Gasteiger partial charge in [0.15, 0.2) is 0 Å². The smallest absolute Gasteiger partial charge is 0.232 e. The maximum atomic E-state index is 11.9. The lowest BCUT2D eigenvalue weighted by Gasteiger charge is -2.14. The molecule has 19 heavy (non-hydrogen) atoms. The third-order valence-electron chi connectivity index (χ3n) is 3.12. The largest absolute Gasteiger partial charge is 0.396 e. The quantitative estimate of drug-likeness (QED) is 0.923. The first-order valence-corrected chi connectivity index (χ1v) is 6.94. The van der Waals surface area contributed by atoms with E-state index in [0.717, 1.165) is 10.6 Å². The number of aliphatic hydroxyl groups is 1. The number of hydrogen-bond acceptors (Lipinski definition) is 5. The Morgan fingerprint density at radius 3 is 3.05 bits per heavy atom. The molecule has 1 unspecified atom stereocenters. The lowest BCUT2D eigenvalue weighted by molar-refractivity contribution is -0.117.